The van der Waals surface area contributed by atoms with E-state index in [9.17, 15) is 4.79 Å². The van der Waals surface area contributed by atoms with Crippen molar-refractivity contribution < 1.29 is 9.53 Å². The monoisotopic (exact) mass is 314 g/mol. The Hall–Kier alpha value is -0.483. The number of thioether (sulfide) groups is 1. The van der Waals surface area contributed by atoms with Gasteiger partial charge in [0.25, 0.3) is 0 Å². The number of carbonyl (C=O) groups is 1. The Morgan fingerprint density at radius 1 is 1.25 bits per heavy atom. The Labute approximate surface area is 130 Å². The molecule has 0 spiro atoms. The molecule has 0 unspecified atom stereocenters. The largest absolute Gasteiger partial charge is 0.462 e. The maximum absolute atomic E-state index is 10.7. The van der Waals surface area contributed by atoms with Crippen molar-refractivity contribution in [3.63, 3.8) is 0 Å². The molecule has 0 bridgehead atoms. The van der Waals surface area contributed by atoms with E-state index in [1.54, 1.807) is 11.8 Å². The van der Waals surface area contributed by atoms with Crippen LogP contribution in [0.2, 0.25) is 25.7 Å². The SMILES string of the molecule is C=C(CCC/C(=C/COC(C)=O)SC)CC[Si](C)(C)C. The first-order valence-electron chi connectivity index (χ1n) is 7.27. The second kappa shape index (κ2) is 10.3. The molecular formula is C16H30O2SSi. The van der Waals surface area contributed by atoms with E-state index in [-0.39, 0.29) is 5.97 Å². The molecule has 0 rings (SSSR count). The maximum Gasteiger partial charge on any atom is 0.302 e. The van der Waals surface area contributed by atoms with Crippen LogP contribution in [0.15, 0.2) is 23.1 Å². The van der Waals surface area contributed by atoms with Gasteiger partial charge in [-0.25, -0.2) is 0 Å². The smallest absolute Gasteiger partial charge is 0.302 e. The van der Waals surface area contributed by atoms with Gasteiger partial charge in [0.15, 0.2) is 0 Å². The molecule has 0 saturated heterocycles. The van der Waals surface area contributed by atoms with Crippen LogP contribution in [0.1, 0.15) is 32.6 Å². The van der Waals surface area contributed by atoms with Crippen LogP contribution in [0.4, 0.5) is 0 Å². The zero-order chi connectivity index (χ0) is 15.6. The van der Waals surface area contributed by atoms with Crippen molar-refractivity contribution in [1.29, 1.82) is 0 Å². The molecule has 0 aromatic heterocycles. The molecular weight excluding hydrogens is 284 g/mol. The molecule has 0 atom stereocenters. The molecule has 4 heteroatoms. The molecule has 0 aliphatic heterocycles. The molecule has 20 heavy (non-hydrogen) atoms. The molecule has 0 amide bonds. The van der Waals surface area contributed by atoms with Crippen molar-refractivity contribution in [2.45, 2.75) is 58.3 Å². The van der Waals surface area contributed by atoms with Gasteiger partial charge in [0, 0.05) is 15.0 Å². The molecule has 0 heterocycles. The van der Waals surface area contributed by atoms with E-state index in [2.05, 4.69) is 32.5 Å². The van der Waals surface area contributed by atoms with Gasteiger partial charge in [0.2, 0.25) is 0 Å². The van der Waals surface area contributed by atoms with Gasteiger partial charge in [0.1, 0.15) is 6.61 Å². The third-order valence-electron chi connectivity index (χ3n) is 3.04. The molecule has 0 radical (unpaired) electrons. The number of esters is 1. The highest BCUT2D eigenvalue weighted by molar-refractivity contribution is 8.02. The van der Waals surface area contributed by atoms with Crippen molar-refractivity contribution in [3.05, 3.63) is 23.1 Å². The van der Waals surface area contributed by atoms with E-state index in [1.165, 1.54) is 29.9 Å². The second-order valence-electron chi connectivity index (χ2n) is 6.34. The number of hydrogen-bond donors (Lipinski definition) is 0. The van der Waals surface area contributed by atoms with Gasteiger partial charge in [-0.15, -0.1) is 11.8 Å². The van der Waals surface area contributed by atoms with Crippen molar-refractivity contribution in [3.8, 4) is 0 Å². The summed E-state index contributed by atoms with van der Waals surface area (Å²) in [5.74, 6) is -0.221. The van der Waals surface area contributed by atoms with Crippen molar-refractivity contribution in [1.82, 2.24) is 0 Å². The Bertz CT molecular complexity index is 343. The number of ether oxygens (including phenoxy) is 1. The van der Waals surface area contributed by atoms with Crippen LogP contribution in [0.25, 0.3) is 0 Å². The molecule has 0 aliphatic carbocycles. The summed E-state index contributed by atoms with van der Waals surface area (Å²) in [6, 6.07) is 1.34. The predicted molar refractivity (Wildman–Crippen MR) is 94.0 cm³/mol. The fourth-order valence-electron chi connectivity index (χ4n) is 1.73. The summed E-state index contributed by atoms with van der Waals surface area (Å²) in [7, 11) is -0.941. The van der Waals surface area contributed by atoms with Gasteiger partial charge < -0.3 is 4.74 Å². The highest BCUT2D eigenvalue weighted by atomic mass is 32.2. The number of carbonyl (C=O) groups excluding carboxylic acids is 1. The standard InChI is InChI=1S/C16H30O2SSi/c1-14(11-13-20(4,5)6)8-7-9-16(19-3)10-12-18-15(2)17/h10H,1,7-9,11-13H2,2-6H3/b16-10-. The van der Waals surface area contributed by atoms with Crippen LogP contribution in [0.5, 0.6) is 0 Å². The van der Waals surface area contributed by atoms with Crippen LogP contribution in [-0.2, 0) is 9.53 Å². The van der Waals surface area contributed by atoms with Crippen LogP contribution in [-0.4, -0.2) is 26.9 Å². The van der Waals surface area contributed by atoms with Gasteiger partial charge in [-0.05, 0) is 42.9 Å². The molecule has 0 aromatic rings. The van der Waals surface area contributed by atoms with E-state index in [4.69, 9.17) is 4.74 Å². The zero-order valence-electron chi connectivity index (χ0n) is 13.8. The van der Waals surface area contributed by atoms with Gasteiger partial charge in [-0.3, -0.25) is 4.79 Å². The Morgan fingerprint density at radius 2 is 1.90 bits per heavy atom. The summed E-state index contributed by atoms with van der Waals surface area (Å²) in [4.78, 5) is 12.0. The van der Waals surface area contributed by atoms with Crippen LogP contribution < -0.4 is 0 Å². The fraction of sp³-hybridized carbons (Fsp3) is 0.688. The Morgan fingerprint density at radius 3 is 2.40 bits per heavy atom. The van der Waals surface area contributed by atoms with E-state index in [1.807, 2.05) is 6.08 Å². The van der Waals surface area contributed by atoms with Crippen molar-refractivity contribution >= 4 is 25.8 Å². The first-order valence-corrected chi connectivity index (χ1v) is 12.2. The summed E-state index contributed by atoms with van der Waals surface area (Å²) in [5, 5.41) is 0. The fourth-order valence-corrected chi connectivity index (χ4v) is 3.42. The van der Waals surface area contributed by atoms with Crippen LogP contribution in [0.3, 0.4) is 0 Å². The molecule has 2 nitrogen and oxygen atoms in total. The summed E-state index contributed by atoms with van der Waals surface area (Å²) in [6.07, 6.45) is 8.56. The first-order chi connectivity index (χ1) is 9.24. The first kappa shape index (κ1) is 19.5. The number of allylic oxidation sites excluding steroid dienone is 2. The Kier molecular flexibility index (Phi) is 10.0. The minimum Gasteiger partial charge on any atom is -0.462 e. The lowest BCUT2D eigenvalue weighted by Crippen LogP contribution is -2.18. The van der Waals surface area contributed by atoms with Gasteiger partial charge in [0.05, 0.1) is 0 Å². The third-order valence-corrected chi connectivity index (χ3v) is 5.69. The molecule has 0 fully saturated rings. The van der Waals surface area contributed by atoms with Gasteiger partial charge in [-0.1, -0.05) is 37.8 Å². The average Bonchev–Trinajstić information content (AvgIpc) is 2.33. The summed E-state index contributed by atoms with van der Waals surface area (Å²) < 4.78 is 4.94. The summed E-state index contributed by atoms with van der Waals surface area (Å²) >= 11 is 1.74. The van der Waals surface area contributed by atoms with E-state index in [0.29, 0.717) is 6.61 Å². The minimum atomic E-state index is -0.941. The summed E-state index contributed by atoms with van der Waals surface area (Å²) in [6.45, 7) is 13.2. The molecule has 0 saturated carbocycles. The summed E-state index contributed by atoms with van der Waals surface area (Å²) in [5.41, 5.74) is 1.38. The van der Waals surface area contributed by atoms with Crippen LogP contribution in [0, 0.1) is 0 Å². The van der Waals surface area contributed by atoms with Crippen molar-refractivity contribution in [2.24, 2.45) is 0 Å². The number of hydrogen-bond acceptors (Lipinski definition) is 3. The Balaban J connectivity index is 3.89. The topological polar surface area (TPSA) is 26.3 Å². The number of rotatable bonds is 10. The maximum atomic E-state index is 10.7. The quantitative estimate of drug-likeness (QED) is 0.313. The van der Waals surface area contributed by atoms with Gasteiger partial charge >= 0.3 is 5.97 Å². The average molecular weight is 315 g/mol. The minimum absolute atomic E-state index is 0.221. The lowest BCUT2D eigenvalue weighted by atomic mass is 10.1. The van der Waals surface area contributed by atoms with E-state index in [0.717, 1.165) is 19.3 Å². The van der Waals surface area contributed by atoms with Gasteiger partial charge in [-0.2, -0.15) is 0 Å². The van der Waals surface area contributed by atoms with Crippen molar-refractivity contribution in [2.75, 3.05) is 12.9 Å². The molecule has 0 aliphatic rings. The van der Waals surface area contributed by atoms with E-state index >= 15 is 0 Å². The normalized spacial score (nSPS) is 12.3. The highest BCUT2D eigenvalue weighted by Crippen LogP contribution is 2.23. The van der Waals surface area contributed by atoms with Crippen LogP contribution >= 0.6 is 11.8 Å². The zero-order valence-corrected chi connectivity index (χ0v) is 15.6. The highest BCUT2D eigenvalue weighted by Gasteiger charge is 2.12. The lowest BCUT2D eigenvalue weighted by Gasteiger charge is -2.16. The molecule has 0 aromatic carbocycles. The lowest BCUT2D eigenvalue weighted by molar-refractivity contribution is -0.139. The molecule has 0 N–H and O–H groups in total. The molecule has 116 valence electrons. The van der Waals surface area contributed by atoms with E-state index < -0.39 is 8.07 Å². The third kappa shape index (κ3) is 12.5. The predicted octanol–water partition coefficient (Wildman–Crippen LogP) is 5.25. The second-order valence-corrected chi connectivity index (χ2v) is 12.9.